The number of amides is 2. The number of carboxylic acids is 2. The Hall–Kier alpha value is -2.70. The van der Waals surface area contributed by atoms with Gasteiger partial charge in [-0.05, 0) is 32.5 Å². The van der Waals surface area contributed by atoms with E-state index < -0.39 is 35.3 Å². The van der Waals surface area contributed by atoms with Gasteiger partial charge in [-0.3, -0.25) is 29.3 Å². The van der Waals surface area contributed by atoms with E-state index in [-0.39, 0.29) is 13.0 Å². The third-order valence-electron chi connectivity index (χ3n) is 3.08. The Morgan fingerprint density at radius 1 is 0.667 bits per heavy atom. The molecule has 0 radical (unpaired) electrons. The van der Waals surface area contributed by atoms with Gasteiger partial charge in [0.25, 0.3) is 5.78 Å². The lowest BCUT2D eigenvalue weighted by Gasteiger charge is -2.07. The van der Waals surface area contributed by atoms with Crippen molar-refractivity contribution in [2.24, 2.45) is 0 Å². The molecule has 12 heteroatoms. The SMILES string of the molecule is O=C(O)CCCNCCNCCCNCC(=O)NC(=O)C(=O)C(=O)C(=O)O. The molecule has 0 bridgehead atoms. The van der Waals surface area contributed by atoms with Gasteiger partial charge < -0.3 is 26.2 Å². The van der Waals surface area contributed by atoms with Gasteiger partial charge in [-0.2, -0.15) is 0 Å². The molecule has 0 rings (SSSR count). The highest BCUT2D eigenvalue weighted by atomic mass is 16.4. The van der Waals surface area contributed by atoms with Crippen molar-refractivity contribution in [3.05, 3.63) is 0 Å². The zero-order chi connectivity index (χ0) is 20.7. The van der Waals surface area contributed by atoms with Crippen LogP contribution in [0.5, 0.6) is 0 Å². The first-order valence-corrected chi connectivity index (χ1v) is 8.25. The van der Waals surface area contributed by atoms with E-state index in [1.165, 1.54) is 0 Å². The highest BCUT2D eigenvalue weighted by Gasteiger charge is 2.29. The minimum atomic E-state index is -2.07. The summed E-state index contributed by atoms with van der Waals surface area (Å²) in [5, 5.41) is 27.3. The summed E-state index contributed by atoms with van der Waals surface area (Å²) in [6, 6.07) is 0. The van der Waals surface area contributed by atoms with E-state index in [1.807, 2.05) is 0 Å². The van der Waals surface area contributed by atoms with Crippen LogP contribution in [-0.4, -0.2) is 84.8 Å². The Kier molecular flexibility index (Phi) is 13.0. The van der Waals surface area contributed by atoms with Gasteiger partial charge in [0.15, 0.2) is 0 Å². The molecule has 0 saturated heterocycles. The topological polar surface area (TPSA) is 191 Å². The van der Waals surface area contributed by atoms with Crippen LogP contribution in [0, 0.1) is 0 Å². The van der Waals surface area contributed by atoms with E-state index in [0.717, 1.165) is 0 Å². The molecule has 0 aromatic carbocycles. The summed E-state index contributed by atoms with van der Waals surface area (Å²) in [5.41, 5.74) is 0. The van der Waals surface area contributed by atoms with Crippen molar-refractivity contribution in [2.45, 2.75) is 19.3 Å². The molecule has 0 fully saturated rings. The smallest absolute Gasteiger partial charge is 0.381 e. The number of aliphatic carboxylic acids is 2. The Morgan fingerprint density at radius 2 is 1.22 bits per heavy atom. The summed E-state index contributed by atoms with van der Waals surface area (Å²) in [4.78, 5) is 65.0. The standard InChI is InChI=1S/C15H24N4O8/c20-10(19-14(25)12(23)13(24)15(26)27)9-18-6-2-5-17-8-7-16-4-1-3-11(21)22/h16-18H,1-9H2,(H,21,22)(H,26,27)(H,19,20,25). The van der Waals surface area contributed by atoms with Crippen LogP contribution in [0.25, 0.3) is 0 Å². The molecule has 0 aliphatic heterocycles. The van der Waals surface area contributed by atoms with Crippen LogP contribution in [0.1, 0.15) is 19.3 Å². The summed E-state index contributed by atoms with van der Waals surface area (Å²) >= 11 is 0. The number of carbonyl (C=O) groups is 6. The molecule has 0 spiro atoms. The third-order valence-corrected chi connectivity index (χ3v) is 3.08. The molecule has 0 aliphatic rings. The molecule has 0 heterocycles. The van der Waals surface area contributed by atoms with Crippen LogP contribution in [0.4, 0.5) is 0 Å². The highest BCUT2D eigenvalue weighted by Crippen LogP contribution is 1.85. The lowest BCUT2D eigenvalue weighted by atomic mass is 10.2. The van der Waals surface area contributed by atoms with Gasteiger partial charge in [0.05, 0.1) is 6.54 Å². The lowest BCUT2D eigenvalue weighted by Crippen LogP contribution is -2.44. The van der Waals surface area contributed by atoms with Crippen molar-refractivity contribution in [3.63, 3.8) is 0 Å². The van der Waals surface area contributed by atoms with Gasteiger partial charge in [-0.25, -0.2) is 4.79 Å². The van der Waals surface area contributed by atoms with Crippen LogP contribution in [0.3, 0.4) is 0 Å². The van der Waals surface area contributed by atoms with Crippen LogP contribution < -0.4 is 21.3 Å². The molecular formula is C15H24N4O8. The molecule has 152 valence electrons. The van der Waals surface area contributed by atoms with Crippen LogP contribution in [0.15, 0.2) is 0 Å². The Bertz CT molecular complexity index is 564. The van der Waals surface area contributed by atoms with Crippen molar-refractivity contribution in [2.75, 3.05) is 39.3 Å². The monoisotopic (exact) mass is 388 g/mol. The quantitative estimate of drug-likeness (QED) is 0.0890. The van der Waals surface area contributed by atoms with Crippen molar-refractivity contribution < 1.29 is 39.0 Å². The average Bonchev–Trinajstić information content (AvgIpc) is 2.60. The van der Waals surface area contributed by atoms with Crippen LogP contribution >= 0.6 is 0 Å². The molecule has 0 aliphatic carbocycles. The molecule has 27 heavy (non-hydrogen) atoms. The maximum Gasteiger partial charge on any atom is 0.381 e. The summed E-state index contributed by atoms with van der Waals surface area (Å²) in [7, 11) is 0. The van der Waals surface area contributed by atoms with Crippen LogP contribution in [-0.2, 0) is 28.8 Å². The second kappa shape index (κ2) is 14.5. The third kappa shape index (κ3) is 13.2. The van der Waals surface area contributed by atoms with E-state index in [4.69, 9.17) is 10.2 Å². The van der Waals surface area contributed by atoms with E-state index in [2.05, 4.69) is 16.0 Å². The van der Waals surface area contributed by atoms with E-state index in [9.17, 15) is 28.8 Å². The van der Waals surface area contributed by atoms with E-state index >= 15 is 0 Å². The number of hydrogen-bond acceptors (Lipinski definition) is 9. The summed E-state index contributed by atoms with van der Waals surface area (Å²) < 4.78 is 0. The molecule has 0 unspecified atom stereocenters. The zero-order valence-corrected chi connectivity index (χ0v) is 14.7. The largest absolute Gasteiger partial charge is 0.481 e. The minimum absolute atomic E-state index is 0.134. The number of hydrogen-bond donors (Lipinski definition) is 6. The number of rotatable bonds is 16. The normalized spacial score (nSPS) is 10.2. The molecule has 0 atom stereocenters. The summed E-state index contributed by atoms with van der Waals surface area (Å²) in [5.74, 6) is -9.03. The predicted molar refractivity (Wildman–Crippen MR) is 90.9 cm³/mol. The second-order valence-corrected chi connectivity index (χ2v) is 5.37. The maximum atomic E-state index is 11.4. The van der Waals surface area contributed by atoms with Gasteiger partial charge in [0.2, 0.25) is 5.91 Å². The molecular weight excluding hydrogens is 364 g/mol. The number of ketones is 2. The van der Waals surface area contributed by atoms with Gasteiger partial charge in [-0.15, -0.1) is 0 Å². The van der Waals surface area contributed by atoms with Gasteiger partial charge in [0.1, 0.15) is 0 Å². The first-order valence-electron chi connectivity index (χ1n) is 8.25. The number of carboxylic acid groups (broad SMARTS) is 2. The Morgan fingerprint density at radius 3 is 1.78 bits per heavy atom. The predicted octanol–water partition coefficient (Wildman–Crippen LogP) is -3.12. The number of carbonyl (C=O) groups excluding carboxylic acids is 4. The maximum absolute atomic E-state index is 11.4. The van der Waals surface area contributed by atoms with Crippen LogP contribution in [0.2, 0.25) is 0 Å². The van der Waals surface area contributed by atoms with Crippen molar-refractivity contribution >= 4 is 35.3 Å². The molecule has 12 nitrogen and oxygen atoms in total. The molecule has 0 aromatic rings. The zero-order valence-electron chi connectivity index (χ0n) is 14.7. The second-order valence-electron chi connectivity index (χ2n) is 5.37. The minimum Gasteiger partial charge on any atom is -0.481 e. The fourth-order valence-electron chi connectivity index (χ4n) is 1.76. The van der Waals surface area contributed by atoms with Crippen molar-refractivity contribution in [3.8, 4) is 0 Å². The van der Waals surface area contributed by atoms with Gasteiger partial charge in [-0.1, -0.05) is 0 Å². The molecule has 0 saturated carbocycles. The molecule has 6 N–H and O–H groups in total. The number of nitrogens with one attached hydrogen (secondary N) is 4. The van der Waals surface area contributed by atoms with E-state index in [0.29, 0.717) is 45.6 Å². The number of imide groups is 1. The average molecular weight is 388 g/mol. The van der Waals surface area contributed by atoms with Crippen molar-refractivity contribution in [1.29, 1.82) is 0 Å². The Labute approximate surface area is 155 Å². The summed E-state index contributed by atoms with van der Waals surface area (Å²) in [6.07, 6.45) is 1.38. The molecule has 0 aromatic heterocycles. The van der Waals surface area contributed by atoms with E-state index in [1.54, 1.807) is 5.32 Å². The first-order chi connectivity index (χ1) is 12.8. The fraction of sp³-hybridized carbons (Fsp3) is 0.600. The highest BCUT2D eigenvalue weighted by molar-refractivity contribution is 6.77. The fourth-order valence-corrected chi connectivity index (χ4v) is 1.76. The van der Waals surface area contributed by atoms with Crippen molar-refractivity contribution in [1.82, 2.24) is 21.3 Å². The first kappa shape index (κ1) is 24.3. The Balaban J connectivity index is 3.57. The number of Topliss-reactive ketones (excluding diaryl/α,β-unsaturated/α-hetero) is 2. The van der Waals surface area contributed by atoms with Gasteiger partial charge in [0, 0.05) is 19.5 Å². The summed E-state index contributed by atoms with van der Waals surface area (Å²) in [6.45, 7) is 2.86. The molecule has 2 amide bonds. The van der Waals surface area contributed by atoms with Gasteiger partial charge >= 0.3 is 23.6 Å². The lowest BCUT2D eigenvalue weighted by molar-refractivity contribution is -0.155.